The number of nitrogen functional groups attached to an aromatic ring is 1. The van der Waals surface area contributed by atoms with Gasteiger partial charge in [0.05, 0.1) is 10.4 Å². The Balaban J connectivity index is 1.81. The fourth-order valence-electron chi connectivity index (χ4n) is 2.33. The first-order valence-electron chi connectivity index (χ1n) is 7.64. The fourth-order valence-corrected chi connectivity index (χ4v) is 3.33. The van der Waals surface area contributed by atoms with Crippen LogP contribution in [0.2, 0.25) is 0 Å². The molecular weight excluding hydrogens is 282 g/mol. The number of nitrogens with one attached hydrogen (secondary N) is 1. The average molecular weight is 305 g/mol. The highest BCUT2D eigenvalue weighted by atomic mass is 32.1. The van der Waals surface area contributed by atoms with Gasteiger partial charge in [-0.1, -0.05) is 39.0 Å². The van der Waals surface area contributed by atoms with Gasteiger partial charge in [0, 0.05) is 24.3 Å². The number of nitrogens with two attached hydrogens (primary N) is 1. The smallest absolute Gasteiger partial charge is 0.263 e. The number of hydrogen-bond donors (Lipinski definition) is 2. The molecule has 21 heavy (non-hydrogen) atoms. The van der Waals surface area contributed by atoms with E-state index in [1.165, 1.54) is 43.4 Å². The minimum absolute atomic E-state index is 0.0674. The largest absolute Gasteiger partial charge is 0.397 e. The molecule has 0 spiro atoms. The molecule has 114 valence electrons. The van der Waals surface area contributed by atoms with Gasteiger partial charge in [-0.05, 0) is 12.5 Å². The Morgan fingerprint density at radius 1 is 1.29 bits per heavy atom. The van der Waals surface area contributed by atoms with Crippen LogP contribution in [0.25, 0.3) is 10.1 Å². The molecule has 5 heteroatoms. The summed E-state index contributed by atoms with van der Waals surface area (Å²) in [5, 5.41) is 3.88. The molecule has 0 saturated carbocycles. The van der Waals surface area contributed by atoms with Crippen molar-refractivity contribution in [2.75, 3.05) is 12.3 Å². The summed E-state index contributed by atoms with van der Waals surface area (Å²) >= 11 is 1.41. The van der Waals surface area contributed by atoms with E-state index in [1.807, 2.05) is 6.07 Å². The number of pyridine rings is 1. The predicted octanol–water partition coefficient (Wildman–Crippen LogP) is 3.97. The molecule has 1 amide bonds. The fraction of sp³-hybridized carbons (Fsp3) is 0.500. The van der Waals surface area contributed by atoms with E-state index in [0.29, 0.717) is 10.6 Å². The molecule has 0 saturated heterocycles. The zero-order valence-electron chi connectivity index (χ0n) is 12.5. The van der Waals surface area contributed by atoms with E-state index < -0.39 is 0 Å². The number of anilines is 1. The summed E-state index contributed by atoms with van der Waals surface area (Å²) in [6.07, 6.45) is 10.8. The third kappa shape index (κ3) is 4.17. The standard InChI is InChI=1S/C16H23N3OS/c1-2-3-4-5-6-7-9-19-16(20)15-14(17)12-8-10-18-11-13(12)21-15/h8,10-11H,2-7,9,17H2,1H3,(H,19,20). The first kappa shape index (κ1) is 15.8. The molecule has 4 nitrogen and oxygen atoms in total. The van der Waals surface area contributed by atoms with E-state index in [-0.39, 0.29) is 5.91 Å². The molecule has 0 bridgehead atoms. The first-order chi connectivity index (χ1) is 10.2. The van der Waals surface area contributed by atoms with E-state index >= 15 is 0 Å². The second-order valence-corrected chi connectivity index (χ2v) is 6.29. The van der Waals surface area contributed by atoms with Gasteiger partial charge < -0.3 is 11.1 Å². The number of aromatic nitrogens is 1. The molecule has 0 aliphatic carbocycles. The number of nitrogens with zero attached hydrogens (tertiary/aromatic N) is 1. The van der Waals surface area contributed by atoms with Crippen LogP contribution in [-0.4, -0.2) is 17.4 Å². The van der Waals surface area contributed by atoms with Crippen LogP contribution in [0, 0.1) is 0 Å². The second kappa shape index (κ2) is 7.98. The van der Waals surface area contributed by atoms with Crippen LogP contribution in [0.4, 0.5) is 5.69 Å². The minimum atomic E-state index is -0.0674. The zero-order valence-corrected chi connectivity index (χ0v) is 13.3. The van der Waals surface area contributed by atoms with Crippen molar-refractivity contribution in [2.24, 2.45) is 0 Å². The van der Waals surface area contributed by atoms with Gasteiger partial charge in [-0.25, -0.2) is 0 Å². The normalized spacial score (nSPS) is 10.9. The molecule has 0 aromatic carbocycles. The van der Waals surface area contributed by atoms with Gasteiger partial charge in [0.2, 0.25) is 0 Å². The van der Waals surface area contributed by atoms with Crippen molar-refractivity contribution in [3.8, 4) is 0 Å². The molecule has 2 rings (SSSR count). The summed E-state index contributed by atoms with van der Waals surface area (Å²) in [6.45, 7) is 2.93. The molecule has 0 aliphatic rings. The summed E-state index contributed by atoms with van der Waals surface area (Å²) in [7, 11) is 0. The van der Waals surface area contributed by atoms with Gasteiger partial charge in [-0.15, -0.1) is 11.3 Å². The number of hydrogen-bond acceptors (Lipinski definition) is 4. The highest BCUT2D eigenvalue weighted by Gasteiger charge is 2.15. The Kier molecular flexibility index (Phi) is 5.99. The second-order valence-electron chi connectivity index (χ2n) is 5.24. The highest BCUT2D eigenvalue weighted by molar-refractivity contribution is 7.21. The number of thiophene rings is 1. The Bertz CT molecular complexity index is 594. The van der Waals surface area contributed by atoms with Crippen molar-refractivity contribution in [2.45, 2.75) is 45.4 Å². The molecule has 3 N–H and O–H groups in total. The van der Waals surface area contributed by atoms with Gasteiger partial charge in [0.25, 0.3) is 5.91 Å². The molecular formula is C16H23N3OS. The van der Waals surface area contributed by atoms with Crippen LogP contribution < -0.4 is 11.1 Å². The lowest BCUT2D eigenvalue weighted by molar-refractivity contribution is 0.0958. The number of carbonyl (C=O) groups is 1. The lowest BCUT2D eigenvalue weighted by Gasteiger charge is -2.04. The Hall–Kier alpha value is -1.62. The van der Waals surface area contributed by atoms with Crippen LogP contribution in [0.15, 0.2) is 18.5 Å². The summed E-state index contributed by atoms with van der Waals surface area (Å²) < 4.78 is 0.958. The van der Waals surface area contributed by atoms with Gasteiger partial charge in [0.1, 0.15) is 4.88 Å². The maximum atomic E-state index is 12.2. The highest BCUT2D eigenvalue weighted by Crippen LogP contribution is 2.32. The van der Waals surface area contributed by atoms with Gasteiger partial charge in [-0.3, -0.25) is 9.78 Å². The molecule has 0 unspecified atom stereocenters. The predicted molar refractivity (Wildman–Crippen MR) is 89.7 cm³/mol. The lowest BCUT2D eigenvalue weighted by atomic mass is 10.1. The maximum absolute atomic E-state index is 12.2. The van der Waals surface area contributed by atoms with Crippen LogP contribution in [-0.2, 0) is 0 Å². The Morgan fingerprint density at radius 3 is 2.81 bits per heavy atom. The van der Waals surface area contributed by atoms with E-state index in [0.717, 1.165) is 23.1 Å². The van der Waals surface area contributed by atoms with Crippen LogP contribution >= 0.6 is 11.3 Å². The van der Waals surface area contributed by atoms with Crippen LogP contribution in [0.3, 0.4) is 0 Å². The summed E-state index contributed by atoms with van der Waals surface area (Å²) in [5.74, 6) is -0.0674. The maximum Gasteiger partial charge on any atom is 0.263 e. The number of carbonyl (C=O) groups excluding carboxylic acids is 1. The number of amides is 1. The summed E-state index contributed by atoms with van der Waals surface area (Å²) in [4.78, 5) is 16.8. The van der Waals surface area contributed by atoms with E-state index in [1.54, 1.807) is 12.4 Å². The molecule has 2 aromatic heterocycles. The average Bonchev–Trinajstić information content (AvgIpc) is 2.84. The molecule has 2 aromatic rings. The van der Waals surface area contributed by atoms with Crippen molar-refractivity contribution in [3.05, 3.63) is 23.3 Å². The van der Waals surface area contributed by atoms with Crippen LogP contribution in [0.1, 0.15) is 55.1 Å². The molecule has 0 atom stereocenters. The van der Waals surface area contributed by atoms with Gasteiger partial charge in [0.15, 0.2) is 0 Å². The van der Waals surface area contributed by atoms with E-state index in [2.05, 4.69) is 17.2 Å². The number of unbranched alkanes of at least 4 members (excludes halogenated alkanes) is 5. The van der Waals surface area contributed by atoms with Crippen molar-refractivity contribution in [1.82, 2.24) is 10.3 Å². The lowest BCUT2D eigenvalue weighted by Crippen LogP contribution is -2.24. The quantitative estimate of drug-likeness (QED) is 0.725. The van der Waals surface area contributed by atoms with Crippen molar-refractivity contribution < 1.29 is 4.79 Å². The van der Waals surface area contributed by atoms with Gasteiger partial charge in [-0.2, -0.15) is 0 Å². The number of fused-ring (bicyclic) bond motifs is 1. The minimum Gasteiger partial charge on any atom is -0.397 e. The number of rotatable bonds is 8. The SMILES string of the molecule is CCCCCCCCNC(=O)c1sc2cnccc2c1N. The Labute approximate surface area is 129 Å². The third-order valence-electron chi connectivity index (χ3n) is 3.55. The van der Waals surface area contributed by atoms with Crippen molar-refractivity contribution in [3.63, 3.8) is 0 Å². The van der Waals surface area contributed by atoms with E-state index in [4.69, 9.17) is 5.73 Å². The van der Waals surface area contributed by atoms with Crippen LogP contribution in [0.5, 0.6) is 0 Å². The van der Waals surface area contributed by atoms with Crippen molar-refractivity contribution >= 4 is 33.0 Å². The van der Waals surface area contributed by atoms with E-state index in [9.17, 15) is 4.79 Å². The summed E-state index contributed by atoms with van der Waals surface area (Å²) in [6, 6.07) is 1.85. The van der Waals surface area contributed by atoms with Gasteiger partial charge >= 0.3 is 0 Å². The monoisotopic (exact) mass is 305 g/mol. The molecule has 2 heterocycles. The molecule has 0 radical (unpaired) electrons. The molecule has 0 aliphatic heterocycles. The topological polar surface area (TPSA) is 68.0 Å². The van der Waals surface area contributed by atoms with Crippen molar-refractivity contribution in [1.29, 1.82) is 0 Å². The third-order valence-corrected chi connectivity index (χ3v) is 4.71. The Morgan fingerprint density at radius 2 is 2.05 bits per heavy atom. The molecule has 0 fully saturated rings. The summed E-state index contributed by atoms with van der Waals surface area (Å²) in [5.41, 5.74) is 6.61. The zero-order chi connectivity index (χ0) is 15.1. The first-order valence-corrected chi connectivity index (χ1v) is 8.46.